The smallest absolute Gasteiger partial charge is 0.404 e. The Morgan fingerprint density at radius 1 is 1.30 bits per heavy atom. The minimum Gasteiger partial charge on any atom is -0.465 e. The number of oxazole rings is 1. The van der Waals surface area contributed by atoms with E-state index < -0.39 is 6.09 Å². The Hall–Kier alpha value is -3.23. The molecule has 1 saturated heterocycles. The first-order valence-corrected chi connectivity index (χ1v) is 9.50. The van der Waals surface area contributed by atoms with Crippen molar-refractivity contribution in [1.29, 1.82) is 0 Å². The molecule has 1 aliphatic heterocycles. The summed E-state index contributed by atoms with van der Waals surface area (Å²) in [5, 5.41) is 22.1. The third-order valence-corrected chi connectivity index (χ3v) is 4.10. The second kappa shape index (κ2) is 12.4. The molecule has 1 amide bonds. The monoisotopic (exact) mass is 415 g/mol. The highest BCUT2D eigenvalue weighted by atomic mass is 19.1. The fraction of sp³-hybridized carbons (Fsp3) is 0.273. The lowest BCUT2D eigenvalue weighted by atomic mass is 10.1. The van der Waals surface area contributed by atoms with E-state index in [1.54, 1.807) is 18.5 Å². The molecule has 160 valence electrons. The SMILES string of the molecule is Cc1ccc(-c2ncco2)cc1.O=C(O)NCc1cccc(F)c1.OC1CCNC1. The molecule has 1 unspecified atom stereocenters. The number of carbonyl (C=O) groups is 1. The molecule has 1 atom stereocenters. The molecule has 0 bridgehead atoms. The predicted molar refractivity (Wildman–Crippen MR) is 111 cm³/mol. The second-order valence-corrected chi connectivity index (χ2v) is 6.64. The molecule has 1 fully saturated rings. The summed E-state index contributed by atoms with van der Waals surface area (Å²) in [6.45, 7) is 3.97. The topological polar surface area (TPSA) is 108 Å². The predicted octanol–water partition coefficient (Wildman–Crippen LogP) is 3.58. The van der Waals surface area contributed by atoms with Crippen LogP contribution in [0.1, 0.15) is 17.5 Å². The second-order valence-electron chi connectivity index (χ2n) is 6.64. The molecule has 4 rings (SSSR count). The van der Waals surface area contributed by atoms with Gasteiger partial charge in [0.2, 0.25) is 5.89 Å². The number of aromatic nitrogens is 1. The third-order valence-electron chi connectivity index (χ3n) is 4.10. The number of carboxylic acid groups (broad SMARTS) is 1. The number of benzene rings is 2. The highest BCUT2D eigenvalue weighted by Crippen LogP contribution is 2.16. The Balaban J connectivity index is 0.000000169. The first-order valence-electron chi connectivity index (χ1n) is 9.50. The van der Waals surface area contributed by atoms with Crippen molar-refractivity contribution in [3.63, 3.8) is 0 Å². The molecule has 8 heteroatoms. The molecule has 2 aromatic carbocycles. The number of hydrogen-bond donors (Lipinski definition) is 4. The van der Waals surface area contributed by atoms with Gasteiger partial charge >= 0.3 is 6.09 Å². The van der Waals surface area contributed by atoms with Crippen molar-refractivity contribution in [2.45, 2.75) is 26.0 Å². The van der Waals surface area contributed by atoms with Crippen molar-refractivity contribution >= 4 is 6.09 Å². The van der Waals surface area contributed by atoms with E-state index in [0.29, 0.717) is 11.5 Å². The van der Waals surface area contributed by atoms with E-state index in [0.717, 1.165) is 25.1 Å². The number of aryl methyl sites for hydroxylation is 1. The van der Waals surface area contributed by atoms with Gasteiger partial charge in [0.25, 0.3) is 0 Å². The summed E-state index contributed by atoms with van der Waals surface area (Å²) in [7, 11) is 0. The zero-order chi connectivity index (χ0) is 21.8. The maximum atomic E-state index is 12.5. The van der Waals surface area contributed by atoms with Gasteiger partial charge in [-0.25, -0.2) is 14.2 Å². The van der Waals surface area contributed by atoms with E-state index in [4.69, 9.17) is 14.6 Å². The van der Waals surface area contributed by atoms with Crippen molar-refractivity contribution < 1.29 is 23.8 Å². The molecule has 0 saturated carbocycles. The van der Waals surface area contributed by atoms with Crippen LogP contribution in [-0.2, 0) is 6.54 Å². The fourth-order valence-electron chi connectivity index (χ4n) is 2.53. The molecular weight excluding hydrogens is 389 g/mol. The van der Waals surface area contributed by atoms with Gasteiger partial charge in [0.05, 0.1) is 12.3 Å². The van der Waals surface area contributed by atoms with Crippen LogP contribution in [0, 0.1) is 12.7 Å². The lowest BCUT2D eigenvalue weighted by Crippen LogP contribution is -2.19. The van der Waals surface area contributed by atoms with Gasteiger partial charge in [0.15, 0.2) is 0 Å². The van der Waals surface area contributed by atoms with Gasteiger partial charge in [0.1, 0.15) is 12.1 Å². The van der Waals surface area contributed by atoms with Gasteiger partial charge in [-0.1, -0.05) is 29.8 Å². The molecule has 3 aromatic rings. The molecule has 1 aliphatic rings. The highest BCUT2D eigenvalue weighted by molar-refractivity contribution is 5.64. The number of aliphatic hydroxyl groups excluding tert-OH is 1. The van der Waals surface area contributed by atoms with Crippen LogP contribution in [0.4, 0.5) is 9.18 Å². The zero-order valence-corrected chi connectivity index (χ0v) is 16.7. The Morgan fingerprint density at radius 3 is 2.57 bits per heavy atom. The average molecular weight is 415 g/mol. The molecule has 1 aromatic heterocycles. The quantitative estimate of drug-likeness (QED) is 0.521. The molecule has 7 nitrogen and oxygen atoms in total. The molecule has 4 N–H and O–H groups in total. The summed E-state index contributed by atoms with van der Waals surface area (Å²) in [5.74, 6) is 0.315. The van der Waals surface area contributed by atoms with Crippen LogP contribution in [0.25, 0.3) is 11.5 Å². The van der Waals surface area contributed by atoms with Crippen molar-refractivity contribution in [2.75, 3.05) is 13.1 Å². The van der Waals surface area contributed by atoms with Crippen molar-refractivity contribution in [1.82, 2.24) is 15.6 Å². The van der Waals surface area contributed by atoms with Crippen LogP contribution in [0.3, 0.4) is 0 Å². The minimum atomic E-state index is -1.11. The highest BCUT2D eigenvalue weighted by Gasteiger charge is 2.08. The van der Waals surface area contributed by atoms with Gasteiger partial charge in [-0.05, 0) is 49.7 Å². The van der Waals surface area contributed by atoms with Crippen LogP contribution in [0.15, 0.2) is 65.4 Å². The van der Waals surface area contributed by atoms with E-state index >= 15 is 0 Å². The molecule has 0 aliphatic carbocycles. The van der Waals surface area contributed by atoms with E-state index in [1.165, 1.54) is 23.8 Å². The number of aliphatic hydroxyl groups is 1. The summed E-state index contributed by atoms with van der Waals surface area (Å²) >= 11 is 0. The van der Waals surface area contributed by atoms with Crippen LogP contribution < -0.4 is 10.6 Å². The summed E-state index contributed by atoms with van der Waals surface area (Å²) in [5.41, 5.74) is 2.87. The van der Waals surface area contributed by atoms with Gasteiger partial charge in [-0.3, -0.25) is 0 Å². The third kappa shape index (κ3) is 8.85. The first-order chi connectivity index (χ1) is 14.4. The summed E-state index contributed by atoms with van der Waals surface area (Å²) in [6, 6.07) is 13.9. The molecule has 0 radical (unpaired) electrons. The lowest BCUT2D eigenvalue weighted by molar-refractivity contribution is 0.193. The van der Waals surface area contributed by atoms with Crippen molar-refractivity contribution in [3.05, 3.63) is 77.9 Å². The Labute approximate surface area is 174 Å². The van der Waals surface area contributed by atoms with E-state index in [-0.39, 0.29) is 18.5 Å². The fourth-order valence-corrected chi connectivity index (χ4v) is 2.53. The first kappa shape index (κ1) is 23.1. The maximum Gasteiger partial charge on any atom is 0.404 e. The maximum absolute atomic E-state index is 12.5. The standard InChI is InChI=1S/C10H9NO.C8H8FNO2.C4H9NO/c1-8-2-4-9(5-3-8)10-11-6-7-12-10;9-7-3-1-2-6(4-7)5-10-8(11)12;6-4-1-2-5-3-4/h2-7H,1H3;1-4,10H,5H2,(H,11,12);4-6H,1-3H2. The van der Waals surface area contributed by atoms with Crippen LogP contribution in [0.5, 0.6) is 0 Å². The Bertz CT molecular complexity index is 880. The van der Waals surface area contributed by atoms with Gasteiger partial charge in [-0.2, -0.15) is 0 Å². The number of rotatable bonds is 3. The Kier molecular flexibility index (Phi) is 9.50. The number of hydrogen-bond acceptors (Lipinski definition) is 5. The van der Waals surface area contributed by atoms with Gasteiger partial charge < -0.3 is 25.3 Å². The van der Waals surface area contributed by atoms with Crippen molar-refractivity contribution in [3.8, 4) is 11.5 Å². The van der Waals surface area contributed by atoms with Gasteiger partial charge in [0, 0.05) is 18.7 Å². The van der Waals surface area contributed by atoms with E-state index in [2.05, 4.69) is 22.5 Å². The summed E-state index contributed by atoms with van der Waals surface area (Å²) in [6.07, 6.45) is 2.98. The molecule has 2 heterocycles. The Morgan fingerprint density at radius 2 is 2.07 bits per heavy atom. The van der Waals surface area contributed by atoms with Crippen molar-refractivity contribution in [2.24, 2.45) is 0 Å². The minimum absolute atomic E-state index is 0.0648. The number of β-amino-alcohol motifs (C(OH)–C–C–N with tert-alkyl or cyclic N) is 1. The van der Waals surface area contributed by atoms with E-state index in [1.807, 2.05) is 24.3 Å². The largest absolute Gasteiger partial charge is 0.465 e. The molecule has 0 spiro atoms. The average Bonchev–Trinajstić information content (AvgIpc) is 3.42. The number of nitrogens with one attached hydrogen (secondary N) is 2. The summed E-state index contributed by atoms with van der Waals surface area (Å²) < 4.78 is 17.7. The van der Waals surface area contributed by atoms with E-state index in [9.17, 15) is 9.18 Å². The van der Waals surface area contributed by atoms with Crippen LogP contribution in [0.2, 0.25) is 0 Å². The molecular formula is C22H26FN3O4. The number of halogens is 1. The normalized spacial score (nSPS) is 14.7. The zero-order valence-electron chi connectivity index (χ0n) is 16.7. The summed E-state index contributed by atoms with van der Waals surface area (Å²) in [4.78, 5) is 14.1. The lowest BCUT2D eigenvalue weighted by Gasteiger charge is -2.00. The molecule has 30 heavy (non-hydrogen) atoms. The van der Waals surface area contributed by atoms with Crippen LogP contribution in [-0.4, -0.2) is 40.5 Å². The van der Waals surface area contributed by atoms with Gasteiger partial charge in [-0.15, -0.1) is 0 Å². The number of amides is 1. The number of nitrogens with zero attached hydrogens (tertiary/aromatic N) is 1. The van der Waals surface area contributed by atoms with Crippen LogP contribution >= 0.6 is 0 Å².